The van der Waals surface area contributed by atoms with Crippen LogP contribution in [0.5, 0.6) is 11.6 Å². The number of nitrogens with one attached hydrogen (secondary N) is 1. The lowest BCUT2D eigenvalue weighted by Gasteiger charge is -2.41. The van der Waals surface area contributed by atoms with E-state index in [0.717, 1.165) is 30.1 Å². The standard InChI is InChI=1S/C22H20F4N8O2/c1-33-15(7-23)19(35)34-6-2-3-14-17(34)18(33)32-21(31-14)30-9-12-4-5-16(27-8-12)36-13-10-28-20(29-11-13)22(24,25)26/h4-5,8,10-11,15H,2-3,6-7,9H2,1H3,(H,30,31,32)/t15-/m0/s1. The number of alkyl halides is 4. The fourth-order valence-corrected chi connectivity index (χ4v) is 4.06. The summed E-state index contributed by atoms with van der Waals surface area (Å²) in [4.78, 5) is 35.5. The minimum absolute atomic E-state index is 0.0148. The van der Waals surface area contributed by atoms with Crippen LogP contribution in [0.25, 0.3) is 0 Å². The normalized spacial score (nSPS) is 17.1. The van der Waals surface area contributed by atoms with Gasteiger partial charge in [-0.25, -0.2) is 24.3 Å². The highest BCUT2D eigenvalue weighted by molar-refractivity contribution is 6.05. The van der Waals surface area contributed by atoms with Crippen molar-refractivity contribution in [2.24, 2.45) is 0 Å². The molecule has 5 rings (SSSR count). The van der Waals surface area contributed by atoms with Gasteiger partial charge >= 0.3 is 6.18 Å². The molecule has 36 heavy (non-hydrogen) atoms. The molecule has 0 bridgehead atoms. The van der Waals surface area contributed by atoms with Gasteiger partial charge in [0.25, 0.3) is 5.91 Å². The Balaban J connectivity index is 1.27. The number of aryl methyl sites for hydroxylation is 1. The van der Waals surface area contributed by atoms with Crippen molar-refractivity contribution in [3.63, 3.8) is 0 Å². The maximum atomic E-state index is 13.6. The Morgan fingerprint density at radius 1 is 1.14 bits per heavy atom. The van der Waals surface area contributed by atoms with E-state index in [9.17, 15) is 22.4 Å². The molecule has 0 unspecified atom stereocenters. The third-order valence-corrected chi connectivity index (χ3v) is 5.85. The molecule has 1 N–H and O–H groups in total. The number of carbonyl (C=O) groups excluding carboxylic acids is 1. The molecule has 3 aromatic heterocycles. The zero-order valence-electron chi connectivity index (χ0n) is 19.0. The first-order valence-electron chi connectivity index (χ1n) is 11.0. The highest BCUT2D eigenvalue weighted by atomic mass is 19.4. The van der Waals surface area contributed by atoms with Crippen molar-refractivity contribution in [2.75, 3.05) is 35.4 Å². The van der Waals surface area contributed by atoms with Crippen molar-refractivity contribution in [3.8, 4) is 11.6 Å². The second kappa shape index (κ2) is 9.17. The molecule has 0 spiro atoms. The number of aromatic nitrogens is 5. The van der Waals surface area contributed by atoms with Crippen molar-refractivity contribution < 1.29 is 27.1 Å². The van der Waals surface area contributed by atoms with Gasteiger partial charge in [-0.2, -0.15) is 18.2 Å². The monoisotopic (exact) mass is 504 g/mol. The average molecular weight is 504 g/mol. The van der Waals surface area contributed by atoms with Crippen LogP contribution in [0.4, 0.5) is 35.0 Å². The number of nitrogens with zero attached hydrogens (tertiary/aromatic N) is 7. The van der Waals surface area contributed by atoms with Gasteiger partial charge in [-0.05, 0) is 18.4 Å². The highest BCUT2D eigenvalue weighted by Gasteiger charge is 2.41. The van der Waals surface area contributed by atoms with E-state index in [1.54, 1.807) is 29.0 Å². The van der Waals surface area contributed by atoms with E-state index in [2.05, 4.69) is 30.2 Å². The van der Waals surface area contributed by atoms with Crippen LogP contribution in [0.1, 0.15) is 23.5 Å². The lowest BCUT2D eigenvalue weighted by molar-refractivity contribution is -0.145. The van der Waals surface area contributed by atoms with E-state index in [1.807, 2.05) is 0 Å². The molecule has 0 aromatic carbocycles. The Morgan fingerprint density at radius 2 is 1.92 bits per heavy atom. The SMILES string of the molecule is CN1c2nc(NCc3ccc(Oc4cnc(C(F)(F)F)nc4)nc3)nc3c2N(CCC3)C(=O)[C@@H]1CF. The zero-order valence-corrected chi connectivity index (χ0v) is 19.0. The van der Waals surface area contributed by atoms with Gasteiger partial charge < -0.3 is 19.9 Å². The fourth-order valence-electron chi connectivity index (χ4n) is 4.06. The third-order valence-electron chi connectivity index (χ3n) is 5.85. The number of pyridine rings is 1. The molecule has 1 amide bonds. The van der Waals surface area contributed by atoms with E-state index in [-0.39, 0.29) is 17.5 Å². The van der Waals surface area contributed by atoms with Gasteiger partial charge in [0, 0.05) is 32.4 Å². The number of hydrogen-bond donors (Lipinski definition) is 1. The summed E-state index contributed by atoms with van der Waals surface area (Å²) >= 11 is 0. The largest absolute Gasteiger partial charge is 0.451 e. The number of hydrogen-bond acceptors (Lipinski definition) is 9. The highest BCUT2D eigenvalue weighted by Crippen LogP contribution is 2.40. The number of rotatable bonds is 6. The fraction of sp³-hybridized carbons (Fsp3) is 0.364. The molecular weight excluding hydrogens is 484 g/mol. The summed E-state index contributed by atoms with van der Waals surface area (Å²) in [5.41, 5.74) is 2.12. The molecule has 14 heteroatoms. The van der Waals surface area contributed by atoms with Gasteiger partial charge in [-0.1, -0.05) is 6.07 Å². The average Bonchev–Trinajstić information content (AvgIpc) is 2.87. The predicted molar refractivity (Wildman–Crippen MR) is 120 cm³/mol. The molecule has 0 radical (unpaired) electrons. The summed E-state index contributed by atoms with van der Waals surface area (Å²) in [5.74, 6) is -0.527. The molecule has 0 aliphatic carbocycles. The molecule has 1 atom stereocenters. The summed E-state index contributed by atoms with van der Waals surface area (Å²) < 4.78 is 56.7. The Kier molecular flexibility index (Phi) is 6.02. The molecule has 0 saturated carbocycles. The first-order valence-corrected chi connectivity index (χ1v) is 11.0. The van der Waals surface area contributed by atoms with E-state index < -0.39 is 24.7 Å². The van der Waals surface area contributed by atoms with Crippen LogP contribution < -0.4 is 19.9 Å². The smallest absolute Gasteiger partial charge is 0.436 e. The first kappa shape index (κ1) is 23.6. The van der Waals surface area contributed by atoms with Gasteiger partial charge in [0.2, 0.25) is 17.7 Å². The van der Waals surface area contributed by atoms with Crippen molar-refractivity contribution in [1.29, 1.82) is 0 Å². The lowest BCUT2D eigenvalue weighted by Crippen LogP contribution is -2.55. The molecule has 2 aliphatic heterocycles. The molecule has 2 aliphatic rings. The van der Waals surface area contributed by atoms with Gasteiger partial charge in [-0.3, -0.25) is 4.79 Å². The quantitative estimate of drug-likeness (QED) is 0.507. The minimum Gasteiger partial charge on any atom is -0.436 e. The summed E-state index contributed by atoms with van der Waals surface area (Å²) in [5, 5.41) is 3.13. The Hall–Kier alpha value is -4.10. The topological polar surface area (TPSA) is 109 Å². The van der Waals surface area contributed by atoms with Crippen LogP contribution in [0, 0.1) is 0 Å². The van der Waals surface area contributed by atoms with Crippen LogP contribution in [0.15, 0.2) is 30.7 Å². The second-order valence-electron chi connectivity index (χ2n) is 8.24. The summed E-state index contributed by atoms with van der Waals surface area (Å²) in [7, 11) is 1.64. The van der Waals surface area contributed by atoms with Crippen molar-refractivity contribution >= 4 is 23.4 Å². The number of amides is 1. The molecular formula is C22H20F4N8O2. The van der Waals surface area contributed by atoms with E-state index in [1.165, 1.54) is 6.20 Å². The van der Waals surface area contributed by atoms with Crippen LogP contribution in [-0.2, 0) is 23.9 Å². The number of likely N-dealkylation sites (N-methyl/N-ethyl adjacent to an activating group) is 1. The molecule has 5 heterocycles. The molecule has 0 saturated heterocycles. The van der Waals surface area contributed by atoms with Crippen LogP contribution in [-0.4, -0.2) is 57.1 Å². The zero-order chi connectivity index (χ0) is 25.4. The summed E-state index contributed by atoms with van der Waals surface area (Å²) in [6.45, 7) is 0.0118. The van der Waals surface area contributed by atoms with Crippen LogP contribution >= 0.6 is 0 Å². The van der Waals surface area contributed by atoms with Gasteiger partial charge in [0.1, 0.15) is 18.4 Å². The maximum Gasteiger partial charge on any atom is 0.451 e. The van der Waals surface area contributed by atoms with E-state index >= 15 is 0 Å². The molecule has 10 nitrogen and oxygen atoms in total. The molecule has 188 valence electrons. The van der Waals surface area contributed by atoms with Gasteiger partial charge in [0.05, 0.1) is 18.1 Å². The van der Waals surface area contributed by atoms with Crippen molar-refractivity contribution in [2.45, 2.75) is 31.6 Å². The maximum absolute atomic E-state index is 13.6. The molecule has 3 aromatic rings. The van der Waals surface area contributed by atoms with Crippen LogP contribution in [0.2, 0.25) is 0 Å². The number of halogens is 4. The summed E-state index contributed by atoms with van der Waals surface area (Å²) in [6.07, 6.45) is 0.150. The Morgan fingerprint density at radius 3 is 2.58 bits per heavy atom. The third kappa shape index (κ3) is 4.45. The predicted octanol–water partition coefficient (Wildman–Crippen LogP) is 3.15. The molecule has 0 fully saturated rings. The minimum atomic E-state index is -4.63. The lowest BCUT2D eigenvalue weighted by atomic mass is 10.0. The number of anilines is 3. The van der Waals surface area contributed by atoms with Gasteiger partial charge in [-0.15, -0.1) is 0 Å². The Bertz CT molecular complexity index is 1270. The number of ether oxygens (including phenoxy) is 1. The van der Waals surface area contributed by atoms with E-state index in [4.69, 9.17) is 4.74 Å². The first-order chi connectivity index (χ1) is 17.2. The Labute approximate surface area is 202 Å². The second-order valence-corrected chi connectivity index (χ2v) is 8.24. The van der Waals surface area contributed by atoms with Crippen molar-refractivity contribution in [3.05, 3.63) is 47.8 Å². The van der Waals surface area contributed by atoms with E-state index in [0.29, 0.717) is 37.0 Å². The van der Waals surface area contributed by atoms with Crippen LogP contribution in [0.3, 0.4) is 0 Å². The van der Waals surface area contributed by atoms with Crippen molar-refractivity contribution in [1.82, 2.24) is 24.9 Å². The summed E-state index contributed by atoms with van der Waals surface area (Å²) in [6, 6.07) is 2.35. The van der Waals surface area contributed by atoms with Gasteiger partial charge in [0.15, 0.2) is 11.6 Å². The number of carbonyl (C=O) groups is 1.